The molecule has 1 aromatic carbocycles. The standard InChI is InChI=1S/C12H18Cl2N2O/c1-16(2)7-6-15-11(8-17)9-4-3-5-10(13)12(9)14/h3-5,11,15,17H,6-8H2,1-2H3. The Balaban J connectivity index is 2.69. The van der Waals surface area contributed by atoms with Crippen molar-refractivity contribution in [1.82, 2.24) is 10.2 Å². The molecular weight excluding hydrogens is 259 g/mol. The van der Waals surface area contributed by atoms with Crippen LogP contribution in [0, 0.1) is 0 Å². The molecule has 1 atom stereocenters. The molecule has 0 aromatic heterocycles. The third-order valence-electron chi connectivity index (χ3n) is 2.49. The lowest BCUT2D eigenvalue weighted by Gasteiger charge is -2.19. The molecule has 0 heterocycles. The molecule has 1 rings (SSSR count). The molecule has 0 aliphatic carbocycles. The van der Waals surface area contributed by atoms with Gasteiger partial charge in [0.25, 0.3) is 0 Å². The summed E-state index contributed by atoms with van der Waals surface area (Å²) >= 11 is 12.1. The summed E-state index contributed by atoms with van der Waals surface area (Å²) in [7, 11) is 4.00. The highest BCUT2D eigenvalue weighted by atomic mass is 35.5. The molecule has 0 amide bonds. The third kappa shape index (κ3) is 4.45. The molecular formula is C12H18Cl2N2O. The van der Waals surface area contributed by atoms with Crippen LogP contribution in [0.15, 0.2) is 18.2 Å². The Kier molecular flexibility index (Phi) is 6.23. The molecule has 5 heteroatoms. The van der Waals surface area contributed by atoms with Crippen LogP contribution in [0.1, 0.15) is 11.6 Å². The van der Waals surface area contributed by atoms with E-state index in [-0.39, 0.29) is 12.6 Å². The average Bonchev–Trinajstić information content (AvgIpc) is 2.28. The van der Waals surface area contributed by atoms with Crippen LogP contribution in [-0.2, 0) is 0 Å². The maximum absolute atomic E-state index is 9.38. The fourth-order valence-corrected chi connectivity index (χ4v) is 1.96. The van der Waals surface area contributed by atoms with Gasteiger partial charge in [-0.15, -0.1) is 0 Å². The number of hydrogen-bond acceptors (Lipinski definition) is 3. The zero-order valence-electron chi connectivity index (χ0n) is 10.1. The smallest absolute Gasteiger partial charge is 0.0640 e. The first-order valence-electron chi connectivity index (χ1n) is 5.49. The van der Waals surface area contributed by atoms with Crippen LogP contribution >= 0.6 is 23.2 Å². The van der Waals surface area contributed by atoms with E-state index in [1.807, 2.05) is 26.2 Å². The molecule has 0 fully saturated rings. The molecule has 0 bridgehead atoms. The molecule has 0 saturated carbocycles. The fraction of sp³-hybridized carbons (Fsp3) is 0.500. The molecule has 0 radical (unpaired) electrons. The second kappa shape index (κ2) is 7.19. The van der Waals surface area contributed by atoms with Gasteiger partial charge in [-0.2, -0.15) is 0 Å². The summed E-state index contributed by atoms with van der Waals surface area (Å²) < 4.78 is 0. The number of likely N-dealkylation sites (N-methyl/N-ethyl adjacent to an activating group) is 1. The van der Waals surface area contributed by atoms with Gasteiger partial charge in [-0.3, -0.25) is 0 Å². The normalized spacial score (nSPS) is 13.1. The minimum Gasteiger partial charge on any atom is -0.394 e. The van der Waals surface area contributed by atoms with Crippen LogP contribution in [0.3, 0.4) is 0 Å². The molecule has 3 nitrogen and oxygen atoms in total. The van der Waals surface area contributed by atoms with Crippen LogP contribution in [0.2, 0.25) is 10.0 Å². The molecule has 2 N–H and O–H groups in total. The van der Waals surface area contributed by atoms with Gasteiger partial charge < -0.3 is 15.3 Å². The highest BCUT2D eigenvalue weighted by Gasteiger charge is 2.14. The Hall–Kier alpha value is -0.320. The average molecular weight is 277 g/mol. The van der Waals surface area contributed by atoms with Crippen LogP contribution in [0.5, 0.6) is 0 Å². The summed E-state index contributed by atoms with van der Waals surface area (Å²) in [5.41, 5.74) is 0.834. The molecule has 17 heavy (non-hydrogen) atoms. The van der Waals surface area contributed by atoms with Gasteiger partial charge in [0.1, 0.15) is 0 Å². The predicted octanol–water partition coefficient (Wildman–Crippen LogP) is 2.18. The lowest BCUT2D eigenvalue weighted by molar-refractivity contribution is 0.240. The number of hydrogen-bond donors (Lipinski definition) is 2. The van der Waals surface area contributed by atoms with Crippen molar-refractivity contribution in [3.63, 3.8) is 0 Å². The molecule has 1 aromatic rings. The van der Waals surface area contributed by atoms with E-state index in [1.165, 1.54) is 0 Å². The van der Waals surface area contributed by atoms with Crippen LogP contribution in [-0.4, -0.2) is 43.8 Å². The maximum atomic E-state index is 9.38. The van der Waals surface area contributed by atoms with Gasteiger partial charge in [-0.1, -0.05) is 35.3 Å². The van der Waals surface area contributed by atoms with E-state index in [1.54, 1.807) is 6.07 Å². The summed E-state index contributed by atoms with van der Waals surface area (Å²) in [6.07, 6.45) is 0. The first kappa shape index (κ1) is 14.7. The minimum absolute atomic E-state index is 0.00646. The van der Waals surface area contributed by atoms with Gasteiger partial charge in [0.15, 0.2) is 0 Å². The van der Waals surface area contributed by atoms with Crippen LogP contribution in [0.4, 0.5) is 0 Å². The van der Waals surface area contributed by atoms with E-state index in [0.29, 0.717) is 10.0 Å². The van der Waals surface area contributed by atoms with Crippen molar-refractivity contribution in [2.24, 2.45) is 0 Å². The van der Waals surface area contributed by atoms with E-state index in [9.17, 15) is 5.11 Å². The lowest BCUT2D eigenvalue weighted by atomic mass is 10.1. The highest BCUT2D eigenvalue weighted by Crippen LogP contribution is 2.29. The number of rotatable bonds is 6. The number of aliphatic hydroxyl groups is 1. The van der Waals surface area contributed by atoms with Crippen LogP contribution in [0.25, 0.3) is 0 Å². The van der Waals surface area contributed by atoms with Gasteiger partial charge in [-0.05, 0) is 25.7 Å². The topological polar surface area (TPSA) is 35.5 Å². The SMILES string of the molecule is CN(C)CCNC(CO)c1cccc(Cl)c1Cl. The Morgan fingerprint density at radius 2 is 2.06 bits per heavy atom. The van der Waals surface area contributed by atoms with E-state index >= 15 is 0 Å². The Labute approximate surface area is 112 Å². The van der Waals surface area contributed by atoms with Gasteiger partial charge in [0.05, 0.1) is 22.7 Å². The van der Waals surface area contributed by atoms with Crippen LogP contribution < -0.4 is 5.32 Å². The van der Waals surface area contributed by atoms with Gasteiger partial charge in [0.2, 0.25) is 0 Å². The van der Waals surface area contributed by atoms with E-state index in [2.05, 4.69) is 10.2 Å². The minimum atomic E-state index is -0.179. The van der Waals surface area contributed by atoms with Crippen molar-refractivity contribution in [1.29, 1.82) is 0 Å². The molecule has 0 saturated heterocycles. The Bertz CT molecular complexity index is 358. The lowest BCUT2D eigenvalue weighted by Crippen LogP contribution is -2.31. The zero-order chi connectivity index (χ0) is 12.8. The first-order chi connectivity index (χ1) is 8.06. The quantitative estimate of drug-likeness (QED) is 0.836. The van der Waals surface area contributed by atoms with Crippen molar-refractivity contribution in [3.05, 3.63) is 33.8 Å². The summed E-state index contributed by atoms with van der Waals surface area (Å²) in [6, 6.07) is 5.26. The number of aliphatic hydroxyl groups excluding tert-OH is 1. The Morgan fingerprint density at radius 1 is 1.35 bits per heavy atom. The number of nitrogens with zero attached hydrogens (tertiary/aromatic N) is 1. The van der Waals surface area contributed by atoms with Crippen molar-refractivity contribution in [2.45, 2.75) is 6.04 Å². The van der Waals surface area contributed by atoms with E-state index < -0.39 is 0 Å². The second-order valence-electron chi connectivity index (χ2n) is 4.14. The molecule has 0 aliphatic rings. The number of benzene rings is 1. The maximum Gasteiger partial charge on any atom is 0.0640 e. The van der Waals surface area contributed by atoms with Crippen molar-refractivity contribution in [3.8, 4) is 0 Å². The highest BCUT2D eigenvalue weighted by molar-refractivity contribution is 6.42. The van der Waals surface area contributed by atoms with Gasteiger partial charge in [-0.25, -0.2) is 0 Å². The number of halogens is 2. The predicted molar refractivity (Wildman–Crippen MR) is 72.8 cm³/mol. The van der Waals surface area contributed by atoms with E-state index in [4.69, 9.17) is 23.2 Å². The molecule has 96 valence electrons. The molecule has 1 unspecified atom stereocenters. The van der Waals surface area contributed by atoms with Gasteiger partial charge >= 0.3 is 0 Å². The summed E-state index contributed by atoms with van der Waals surface area (Å²) in [6.45, 7) is 1.67. The van der Waals surface area contributed by atoms with E-state index in [0.717, 1.165) is 18.7 Å². The summed E-state index contributed by atoms with van der Waals surface area (Å²) in [5, 5.41) is 13.6. The van der Waals surface area contributed by atoms with Crippen molar-refractivity contribution < 1.29 is 5.11 Å². The van der Waals surface area contributed by atoms with Gasteiger partial charge in [0, 0.05) is 13.1 Å². The number of nitrogens with one attached hydrogen (secondary N) is 1. The second-order valence-corrected chi connectivity index (χ2v) is 4.92. The first-order valence-corrected chi connectivity index (χ1v) is 6.24. The fourth-order valence-electron chi connectivity index (χ4n) is 1.52. The monoisotopic (exact) mass is 276 g/mol. The summed E-state index contributed by atoms with van der Waals surface area (Å²) in [5.74, 6) is 0. The summed E-state index contributed by atoms with van der Waals surface area (Å²) in [4.78, 5) is 2.07. The third-order valence-corrected chi connectivity index (χ3v) is 3.32. The Morgan fingerprint density at radius 3 is 2.65 bits per heavy atom. The molecule has 0 aliphatic heterocycles. The zero-order valence-corrected chi connectivity index (χ0v) is 11.6. The largest absolute Gasteiger partial charge is 0.394 e. The molecule has 0 spiro atoms. The van der Waals surface area contributed by atoms with Crippen molar-refractivity contribution in [2.75, 3.05) is 33.8 Å². The van der Waals surface area contributed by atoms with Crippen molar-refractivity contribution >= 4 is 23.2 Å².